The Morgan fingerprint density at radius 1 is 1.33 bits per heavy atom. The Balaban J connectivity index is 2.12. The van der Waals surface area contributed by atoms with Crippen LogP contribution in [0.2, 0.25) is 0 Å². The topological polar surface area (TPSA) is 47.0 Å². The second kappa shape index (κ2) is 9.63. The molecule has 0 aliphatic rings. The van der Waals surface area contributed by atoms with E-state index in [4.69, 9.17) is 29.2 Å². The van der Waals surface area contributed by atoms with Crippen LogP contribution in [-0.2, 0) is 16.1 Å². The van der Waals surface area contributed by atoms with Crippen molar-refractivity contribution < 1.29 is 9.53 Å². The standard InChI is InChI=1S/C15H22N2O2S2/c1-3-12(2)14(18)19-11-7-5-4-6-9-17-10-8-13(20)16-15(17)21/h8,10H,2-7,9,11H2,1H3,(H,16,20,21). The van der Waals surface area contributed by atoms with Crippen LogP contribution in [0.25, 0.3) is 0 Å². The van der Waals surface area contributed by atoms with Gasteiger partial charge in [0, 0.05) is 18.3 Å². The zero-order chi connectivity index (χ0) is 15.7. The number of carbonyl (C=O) groups is 1. The highest BCUT2D eigenvalue weighted by molar-refractivity contribution is 7.72. The Morgan fingerprint density at radius 3 is 2.71 bits per heavy atom. The average Bonchev–Trinajstić information content (AvgIpc) is 2.47. The monoisotopic (exact) mass is 326 g/mol. The molecule has 1 heterocycles. The van der Waals surface area contributed by atoms with Crippen molar-refractivity contribution in [1.29, 1.82) is 0 Å². The Labute approximate surface area is 135 Å². The summed E-state index contributed by atoms with van der Waals surface area (Å²) in [5.74, 6) is -0.275. The maximum atomic E-state index is 11.4. The second-order valence-electron chi connectivity index (χ2n) is 4.81. The van der Waals surface area contributed by atoms with Crippen LogP contribution in [0.15, 0.2) is 24.4 Å². The van der Waals surface area contributed by atoms with Gasteiger partial charge in [-0.3, -0.25) is 0 Å². The normalized spacial score (nSPS) is 10.3. The van der Waals surface area contributed by atoms with E-state index in [0.717, 1.165) is 32.2 Å². The molecule has 1 aromatic heterocycles. The summed E-state index contributed by atoms with van der Waals surface area (Å²) in [6, 6.07) is 1.84. The molecule has 0 atom stereocenters. The van der Waals surface area contributed by atoms with Crippen molar-refractivity contribution in [2.45, 2.75) is 45.6 Å². The summed E-state index contributed by atoms with van der Waals surface area (Å²) in [4.78, 5) is 14.3. The van der Waals surface area contributed by atoms with E-state index in [2.05, 4.69) is 11.6 Å². The summed E-state index contributed by atoms with van der Waals surface area (Å²) in [7, 11) is 0. The summed E-state index contributed by atoms with van der Waals surface area (Å²) < 4.78 is 8.42. The number of nitrogens with zero attached hydrogens (tertiary/aromatic N) is 1. The minimum absolute atomic E-state index is 0.275. The van der Waals surface area contributed by atoms with Crippen LogP contribution in [0.5, 0.6) is 0 Å². The highest BCUT2D eigenvalue weighted by Gasteiger charge is 2.04. The zero-order valence-electron chi connectivity index (χ0n) is 12.4. The fourth-order valence-electron chi connectivity index (χ4n) is 1.77. The van der Waals surface area contributed by atoms with Gasteiger partial charge in [-0.25, -0.2) is 4.79 Å². The first-order valence-electron chi connectivity index (χ1n) is 7.19. The maximum absolute atomic E-state index is 11.4. The number of aromatic nitrogens is 2. The maximum Gasteiger partial charge on any atom is 0.333 e. The first kappa shape index (κ1) is 17.8. The largest absolute Gasteiger partial charge is 0.462 e. The molecule has 0 radical (unpaired) electrons. The molecular formula is C15H22N2O2S2. The van der Waals surface area contributed by atoms with Crippen LogP contribution in [0.3, 0.4) is 0 Å². The molecule has 21 heavy (non-hydrogen) atoms. The van der Waals surface area contributed by atoms with Gasteiger partial charge in [0.05, 0.1) is 6.61 Å². The predicted octanol–water partition coefficient (Wildman–Crippen LogP) is 4.34. The van der Waals surface area contributed by atoms with Gasteiger partial charge in [0.15, 0.2) is 4.77 Å². The van der Waals surface area contributed by atoms with Gasteiger partial charge in [0.25, 0.3) is 0 Å². The van der Waals surface area contributed by atoms with E-state index < -0.39 is 0 Å². The van der Waals surface area contributed by atoms with E-state index in [9.17, 15) is 4.79 Å². The number of unbranched alkanes of at least 4 members (excludes halogenated alkanes) is 3. The molecule has 0 aliphatic carbocycles. The second-order valence-corrected chi connectivity index (χ2v) is 5.64. The van der Waals surface area contributed by atoms with Crippen LogP contribution < -0.4 is 0 Å². The van der Waals surface area contributed by atoms with Crippen LogP contribution >= 0.6 is 24.4 Å². The van der Waals surface area contributed by atoms with Crippen LogP contribution in [0, 0.1) is 9.41 Å². The molecule has 0 spiro atoms. The van der Waals surface area contributed by atoms with Crippen molar-refractivity contribution in [2.24, 2.45) is 0 Å². The molecular weight excluding hydrogens is 304 g/mol. The molecule has 4 nitrogen and oxygen atoms in total. The van der Waals surface area contributed by atoms with Gasteiger partial charge in [-0.1, -0.05) is 32.1 Å². The van der Waals surface area contributed by atoms with Gasteiger partial charge < -0.3 is 14.3 Å². The number of esters is 1. The molecule has 0 bridgehead atoms. The molecule has 0 unspecified atom stereocenters. The molecule has 0 aliphatic heterocycles. The van der Waals surface area contributed by atoms with E-state index in [1.807, 2.05) is 23.8 Å². The van der Waals surface area contributed by atoms with Crippen molar-refractivity contribution in [3.8, 4) is 0 Å². The molecule has 0 aromatic carbocycles. The lowest BCUT2D eigenvalue weighted by molar-refractivity contribution is -0.139. The number of nitrogens with one attached hydrogen (secondary N) is 1. The van der Waals surface area contributed by atoms with E-state index in [0.29, 0.717) is 28.0 Å². The molecule has 116 valence electrons. The molecule has 1 rings (SSSR count). The van der Waals surface area contributed by atoms with Gasteiger partial charge in [0.2, 0.25) is 0 Å². The quantitative estimate of drug-likeness (QED) is 0.317. The summed E-state index contributed by atoms with van der Waals surface area (Å²) in [5.41, 5.74) is 0.533. The van der Waals surface area contributed by atoms with Gasteiger partial charge in [-0.2, -0.15) is 0 Å². The van der Waals surface area contributed by atoms with Gasteiger partial charge in [0.1, 0.15) is 4.64 Å². The first-order valence-corrected chi connectivity index (χ1v) is 8.01. The molecule has 0 amide bonds. The van der Waals surface area contributed by atoms with E-state index in [1.54, 1.807) is 0 Å². The minimum Gasteiger partial charge on any atom is -0.462 e. The van der Waals surface area contributed by atoms with Crippen molar-refractivity contribution in [3.05, 3.63) is 33.8 Å². The fraction of sp³-hybridized carbons (Fsp3) is 0.533. The lowest BCUT2D eigenvalue weighted by Gasteiger charge is -2.07. The summed E-state index contributed by atoms with van der Waals surface area (Å²) >= 11 is 10.2. The number of ether oxygens (including phenoxy) is 1. The van der Waals surface area contributed by atoms with Gasteiger partial charge >= 0.3 is 5.97 Å². The minimum atomic E-state index is -0.275. The Hall–Kier alpha value is -1.27. The highest BCUT2D eigenvalue weighted by Crippen LogP contribution is 2.05. The fourth-order valence-corrected chi connectivity index (χ4v) is 2.25. The number of rotatable bonds is 9. The predicted molar refractivity (Wildman–Crippen MR) is 89.3 cm³/mol. The number of hydrogen-bond donors (Lipinski definition) is 1. The molecule has 0 saturated carbocycles. The number of H-pyrrole nitrogens is 1. The van der Waals surface area contributed by atoms with E-state index in [1.165, 1.54) is 0 Å². The van der Waals surface area contributed by atoms with E-state index >= 15 is 0 Å². The van der Waals surface area contributed by atoms with Gasteiger partial charge in [-0.05, 0) is 44.0 Å². The molecule has 0 fully saturated rings. The van der Waals surface area contributed by atoms with Crippen LogP contribution in [0.1, 0.15) is 39.0 Å². The summed E-state index contributed by atoms with van der Waals surface area (Å²) in [5, 5.41) is 0. The van der Waals surface area contributed by atoms with Crippen molar-refractivity contribution in [2.75, 3.05) is 6.61 Å². The molecule has 1 N–H and O–H groups in total. The Kier molecular flexibility index (Phi) is 8.15. The number of carbonyl (C=O) groups excluding carboxylic acids is 1. The zero-order valence-corrected chi connectivity index (χ0v) is 14.0. The van der Waals surface area contributed by atoms with Crippen molar-refractivity contribution in [1.82, 2.24) is 9.55 Å². The third-order valence-corrected chi connectivity index (χ3v) is 3.71. The van der Waals surface area contributed by atoms with Crippen LogP contribution in [-0.4, -0.2) is 22.1 Å². The number of hydrogen-bond acceptors (Lipinski definition) is 4. The smallest absolute Gasteiger partial charge is 0.333 e. The van der Waals surface area contributed by atoms with Crippen LogP contribution in [0.4, 0.5) is 0 Å². The third kappa shape index (κ3) is 6.82. The molecule has 1 aromatic rings. The van der Waals surface area contributed by atoms with E-state index in [-0.39, 0.29) is 5.97 Å². The molecule has 0 saturated heterocycles. The average molecular weight is 326 g/mol. The Bertz CT molecular complexity index is 590. The SMILES string of the molecule is C=C(CC)C(=O)OCCCCCCn1ccc(=S)[nH]c1=S. The van der Waals surface area contributed by atoms with Crippen molar-refractivity contribution in [3.63, 3.8) is 0 Å². The number of aryl methyl sites for hydroxylation is 1. The lowest BCUT2D eigenvalue weighted by atomic mass is 10.2. The lowest BCUT2D eigenvalue weighted by Crippen LogP contribution is -2.07. The third-order valence-electron chi connectivity index (χ3n) is 3.14. The van der Waals surface area contributed by atoms with Gasteiger partial charge in [-0.15, -0.1) is 0 Å². The summed E-state index contributed by atoms with van der Waals surface area (Å²) in [6.07, 6.45) is 6.57. The highest BCUT2D eigenvalue weighted by atomic mass is 32.1. The van der Waals surface area contributed by atoms with Crippen molar-refractivity contribution >= 4 is 30.4 Å². The molecule has 6 heteroatoms. The number of aromatic amines is 1. The Morgan fingerprint density at radius 2 is 2.05 bits per heavy atom. The first-order chi connectivity index (χ1) is 10.0. The summed E-state index contributed by atoms with van der Waals surface area (Å²) in [6.45, 7) is 6.89.